The number of carbonyl (C=O) groups is 2. The fourth-order valence-electron chi connectivity index (χ4n) is 0.922. The first kappa shape index (κ1) is 10.9. The Hall–Kier alpha value is -1.06. The molecule has 12 heavy (non-hydrogen) atoms. The SMILES string of the molecule is CC(CCC(N)=O)CCC(N)=O. The van der Waals surface area contributed by atoms with Crippen LogP contribution in [0.3, 0.4) is 0 Å². The van der Waals surface area contributed by atoms with Gasteiger partial charge in [-0.2, -0.15) is 0 Å². The molecular weight excluding hydrogens is 156 g/mol. The lowest BCUT2D eigenvalue weighted by atomic mass is 9.99. The van der Waals surface area contributed by atoms with Crippen molar-refractivity contribution in [3.8, 4) is 0 Å². The summed E-state index contributed by atoms with van der Waals surface area (Å²) in [6.45, 7) is 1.98. The molecule has 0 aliphatic heterocycles. The Labute approximate surface area is 72.3 Å². The van der Waals surface area contributed by atoms with Crippen molar-refractivity contribution in [2.24, 2.45) is 17.4 Å². The fraction of sp³-hybridized carbons (Fsp3) is 0.750. The summed E-state index contributed by atoms with van der Waals surface area (Å²) in [5, 5.41) is 0. The summed E-state index contributed by atoms with van der Waals surface area (Å²) in [6, 6.07) is 0. The number of rotatable bonds is 6. The van der Waals surface area contributed by atoms with Crippen molar-refractivity contribution >= 4 is 11.8 Å². The predicted molar refractivity (Wildman–Crippen MR) is 46.0 cm³/mol. The minimum atomic E-state index is -0.291. The number of hydrogen-bond donors (Lipinski definition) is 2. The molecule has 0 aromatic heterocycles. The van der Waals surface area contributed by atoms with Crippen molar-refractivity contribution in [3.05, 3.63) is 0 Å². The molecule has 0 aromatic carbocycles. The molecule has 0 aliphatic rings. The highest BCUT2D eigenvalue weighted by Gasteiger charge is 2.05. The number of carbonyl (C=O) groups excluding carboxylic acids is 2. The van der Waals surface area contributed by atoms with Gasteiger partial charge < -0.3 is 11.5 Å². The lowest BCUT2D eigenvalue weighted by Crippen LogP contribution is -2.14. The van der Waals surface area contributed by atoms with Crippen LogP contribution in [0.2, 0.25) is 0 Å². The number of nitrogens with two attached hydrogens (primary N) is 2. The predicted octanol–water partition coefficient (Wildman–Crippen LogP) is 0.153. The lowest BCUT2D eigenvalue weighted by molar-refractivity contribution is -0.118. The van der Waals surface area contributed by atoms with Crippen LogP contribution in [-0.4, -0.2) is 11.8 Å². The van der Waals surface area contributed by atoms with Crippen LogP contribution < -0.4 is 11.5 Å². The Kier molecular flexibility index (Phi) is 5.08. The Morgan fingerprint density at radius 3 is 1.67 bits per heavy atom. The van der Waals surface area contributed by atoms with Gasteiger partial charge in [-0.3, -0.25) is 9.59 Å². The molecule has 0 radical (unpaired) electrons. The van der Waals surface area contributed by atoms with Crippen molar-refractivity contribution in [1.29, 1.82) is 0 Å². The van der Waals surface area contributed by atoms with Gasteiger partial charge in [0.25, 0.3) is 0 Å². The number of amides is 2. The monoisotopic (exact) mass is 172 g/mol. The van der Waals surface area contributed by atoms with Gasteiger partial charge in [-0.15, -0.1) is 0 Å². The summed E-state index contributed by atoms with van der Waals surface area (Å²) in [5.74, 6) is -0.244. The van der Waals surface area contributed by atoms with Crippen LogP contribution in [0.4, 0.5) is 0 Å². The van der Waals surface area contributed by atoms with E-state index in [0.717, 1.165) is 12.8 Å². The van der Waals surface area contributed by atoms with Crippen molar-refractivity contribution in [1.82, 2.24) is 0 Å². The van der Waals surface area contributed by atoms with Gasteiger partial charge in [0, 0.05) is 12.8 Å². The molecular formula is C8H16N2O2. The second-order valence-electron chi connectivity index (χ2n) is 3.12. The highest BCUT2D eigenvalue weighted by Crippen LogP contribution is 2.11. The summed E-state index contributed by atoms with van der Waals surface area (Å²) in [4.78, 5) is 20.7. The Bertz CT molecular complexity index is 150. The maximum atomic E-state index is 10.4. The molecule has 70 valence electrons. The lowest BCUT2D eigenvalue weighted by Gasteiger charge is -2.07. The third kappa shape index (κ3) is 7.05. The van der Waals surface area contributed by atoms with Gasteiger partial charge >= 0.3 is 0 Å². The van der Waals surface area contributed by atoms with Gasteiger partial charge in [0.05, 0.1) is 0 Å². The van der Waals surface area contributed by atoms with Gasteiger partial charge in [-0.1, -0.05) is 6.92 Å². The van der Waals surface area contributed by atoms with Gasteiger partial charge in [0.2, 0.25) is 11.8 Å². The molecule has 0 saturated heterocycles. The van der Waals surface area contributed by atoms with Gasteiger partial charge in [-0.05, 0) is 18.8 Å². The molecule has 4 N–H and O–H groups in total. The Morgan fingerprint density at radius 1 is 1.08 bits per heavy atom. The summed E-state index contributed by atoms with van der Waals surface area (Å²) in [7, 11) is 0. The summed E-state index contributed by atoms with van der Waals surface area (Å²) in [5.41, 5.74) is 9.93. The largest absolute Gasteiger partial charge is 0.370 e. The van der Waals surface area contributed by atoms with E-state index in [-0.39, 0.29) is 11.8 Å². The first-order valence-electron chi connectivity index (χ1n) is 4.09. The molecule has 4 nitrogen and oxygen atoms in total. The standard InChI is InChI=1S/C8H16N2O2/c1-6(2-4-7(9)11)3-5-8(10)12/h6H,2-5H2,1H3,(H2,9,11)(H2,10,12). The van der Waals surface area contributed by atoms with Crippen molar-refractivity contribution in [3.63, 3.8) is 0 Å². The third-order valence-corrected chi connectivity index (χ3v) is 1.77. The van der Waals surface area contributed by atoms with E-state index in [1.54, 1.807) is 0 Å². The second-order valence-corrected chi connectivity index (χ2v) is 3.12. The first-order chi connectivity index (χ1) is 5.52. The molecule has 0 saturated carbocycles. The Balaban J connectivity index is 3.39. The van der Waals surface area contributed by atoms with Crippen LogP contribution in [0.1, 0.15) is 32.6 Å². The van der Waals surface area contributed by atoms with E-state index in [0.29, 0.717) is 18.8 Å². The third-order valence-electron chi connectivity index (χ3n) is 1.77. The first-order valence-corrected chi connectivity index (χ1v) is 4.09. The molecule has 0 aliphatic carbocycles. The molecule has 0 spiro atoms. The van der Waals surface area contributed by atoms with E-state index >= 15 is 0 Å². The van der Waals surface area contributed by atoms with E-state index in [4.69, 9.17) is 11.5 Å². The van der Waals surface area contributed by atoms with Crippen molar-refractivity contribution < 1.29 is 9.59 Å². The highest BCUT2D eigenvalue weighted by atomic mass is 16.1. The average Bonchev–Trinajstić information content (AvgIpc) is 1.96. The molecule has 0 bridgehead atoms. The molecule has 4 heteroatoms. The van der Waals surface area contributed by atoms with E-state index in [1.807, 2.05) is 6.92 Å². The van der Waals surface area contributed by atoms with Crippen LogP contribution in [0, 0.1) is 5.92 Å². The summed E-state index contributed by atoms with van der Waals surface area (Å²) in [6.07, 6.45) is 2.26. The van der Waals surface area contributed by atoms with Crippen LogP contribution in [-0.2, 0) is 9.59 Å². The van der Waals surface area contributed by atoms with Crippen molar-refractivity contribution in [2.45, 2.75) is 32.6 Å². The van der Waals surface area contributed by atoms with E-state index in [1.165, 1.54) is 0 Å². The smallest absolute Gasteiger partial charge is 0.217 e. The number of hydrogen-bond acceptors (Lipinski definition) is 2. The van der Waals surface area contributed by atoms with Gasteiger partial charge in [0.1, 0.15) is 0 Å². The fourth-order valence-corrected chi connectivity index (χ4v) is 0.922. The zero-order valence-corrected chi connectivity index (χ0v) is 7.38. The normalized spacial score (nSPS) is 10.2. The minimum absolute atomic E-state index is 0.291. The van der Waals surface area contributed by atoms with E-state index in [9.17, 15) is 9.59 Å². The van der Waals surface area contributed by atoms with E-state index < -0.39 is 0 Å². The van der Waals surface area contributed by atoms with Crippen LogP contribution in [0.15, 0.2) is 0 Å². The van der Waals surface area contributed by atoms with Crippen LogP contribution >= 0.6 is 0 Å². The average molecular weight is 172 g/mol. The summed E-state index contributed by atoms with van der Waals surface area (Å²) < 4.78 is 0. The number of primary amides is 2. The topological polar surface area (TPSA) is 86.2 Å². The zero-order valence-electron chi connectivity index (χ0n) is 7.38. The van der Waals surface area contributed by atoms with E-state index in [2.05, 4.69) is 0 Å². The molecule has 0 fully saturated rings. The highest BCUT2D eigenvalue weighted by molar-refractivity contribution is 5.74. The van der Waals surface area contributed by atoms with Gasteiger partial charge in [-0.25, -0.2) is 0 Å². The Morgan fingerprint density at radius 2 is 1.42 bits per heavy atom. The maximum Gasteiger partial charge on any atom is 0.217 e. The molecule has 0 unspecified atom stereocenters. The second kappa shape index (κ2) is 5.57. The molecule has 0 aromatic rings. The quantitative estimate of drug-likeness (QED) is 0.597. The molecule has 2 amide bonds. The van der Waals surface area contributed by atoms with Crippen molar-refractivity contribution in [2.75, 3.05) is 0 Å². The maximum absolute atomic E-state index is 10.4. The molecule has 0 heterocycles. The summed E-state index contributed by atoms with van der Waals surface area (Å²) >= 11 is 0. The van der Waals surface area contributed by atoms with Crippen LogP contribution in [0.25, 0.3) is 0 Å². The van der Waals surface area contributed by atoms with Crippen LogP contribution in [0.5, 0.6) is 0 Å². The minimum Gasteiger partial charge on any atom is -0.370 e. The zero-order chi connectivity index (χ0) is 9.56. The molecule has 0 atom stereocenters. The van der Waals surface area contributed by atoms with Gasteiger partial charge in [0.15, 0.2) is 0 Å². The molecule has 0 rings (SSSR count).